The Hall–Kier alpha value is -3.46. The van der Waals surface area contributed by atoms with Crippen LogP contribution in [-0.4, -0.2) is 51.7 Å². The van der Waals surface area contributed by atoms with Gasteiger partial charge < -0.3 is 0 Å². The maximum Gasteiger partial charge on any atom is 0.451 e. The monoisotopic (exact) mass is 590 g/mol. The van der Waals surface area contributed by atoms with E-state index in [1.54, 1.807) is 0 Å². The maximum absolute atomic E-state index is 14.7. The second kappa shape index (κ2) is 11.2. The normalized spacial score (nSPS) is 20.3. The van der Waals surface area contributed by atoms with E-state index in [1.807, 2.05) is 0 Å². The molecule has 0 aliphatic carbocycles. The largest absolute Gasteiger partial charge is 0.451 e. The van der Waals surface area contributed by atoms with Crippen molar-refractivity contribution in [2.75, 3.05) is 0 Å². The third-order valence-electron chi connectivity index (χ3n) is 6.54. The number of hydrogen-bond donors (Lipinski definition) is 0. The number of carbonyl (C=O) groups excluding carboxylic acids is 1. The summed E-state index contributed by atoms with van der Waals surface area (Å²) in [6, 6.07) is 2.31. The highest BCUT2D eigenvalue weighted by Crippen LogP contribution is 2.35. The molecule has 4 rings (SSSR count). The van der Waals surface area contributed by atoms with Crippen molar-refractivity contribution in [2.45, 2.75) is 61.9 Å². The first kappa shape index (κ1) is 29.5. The van der Waals surface area contributed by atoms with Crippen LogP contribution in [0, 0.1) is 5.82 Å². The van der Waals surface area contributed by atoms with Gasteiger partial charge in [-0.2, -0.15) is 17.5 Å². The first-order valence-electron chi connectivity index (χ1n) is 11.8. The Labute approximate surface area is 224 Å². The van der Waals surface area contributed by atoms with Gasteiger partial charge in [0.1, 0.15) is 12.0 Å². The maximum atomic E-state index is 14.7. The third-order valence-corrected chi connectivity index (χ3v) is 8.55. The van der Waals surface area contributed by atoms with Crippen LogP contribution >= 0.6 is 0 Å². The summed E-state index contributed by atoms with van der Waals surface area (Å²) in [4.78, 5) is 23.1. The van der Waals surface area contributed by atoms with Crippen LogP contribution in [0.15, 0.2) is 53.8 Å². The van der Waals surface area contributed by atoms with Crippen molar-refractivity contribution in [1.82, 2.24) is 19.3 Å². The van der Waals surface area contributed by atoms with Gasteiger partial charge in [-0.15, -0.1) is 0 Å². The molecule has 1 aliphatic rings. The number of aromatic nitrogens is 3. The van der Waals surface area contributed by atoms with Crippen LogP contribution in [0.2, 0.25) is 0 Å². The minimum atomic E-state index is -4.79. The molecule has 3 atom stereocenters. The van der Waals surface area contributed by atoms with Crippen molar-refractivity contribution in [3.63, 3.8) is 0 Å². The van der Waals surface area contributed by atoms with Gasteiger partial charge in [-0.25, -0.2) is 35.9 Å². The van der Waals surface area contributed by atoms with Crippen molar-refractivity contribution in [1.29, 1.82) is 0 Å². The molecule has 0 radical (unpaired) electrons. The number of rotatable bonds is 8. The van der Waals surface area contributed by atoms with Crippen molar-refractivity contribution in [3.05, 3.63) is 71.7 Å². The molecule has 7 nitrogen and oxygen atoms in total. The van der Waals surface area contributed by atoms with Gasteiger partial charge in [-0.05, 0) is 49.2 Å². The van der Waals surface area contributed by atoms with Gasteiger partial charge >= 0.3 is 6.18 Å². The van der Waals surface area contributed by atoms with Crippen LogP contribution in [0.4, 0.5) is 30.7 Å². The SMILES string of the molecule is C[C@H]1[C@H](F)C[C@@H](C(=O)CCc2cc(-c3cnc(C(F)(F)F)nc3)ncc2C(F)F)N1S(=O)(=O)c1ccc(F)cc1. The fourth-order valence-electron chi connectivity index (χ4n) is 4.46. The molecular formula is C25H21F7N4O3S. The van der Waals surface area contributed by atoms with Crippen molar-refractivity contribution in [3.8, 4) is 11.3 Å². The van der Waals surface area contributed by atoms with Crippen molar-refractivity contribution in [2.24, 2.45) is 0 Å². The minimum absolute atomic E-state index is 0.00264. The Morgan fingerprint density at radius 1 is 1.07 bits per heavy atom. The lowest BCUT2D eigenvalue weighted by Crippen LogP contribution is -2.44. The van der Waals surface area contributed by atoms with E-state index in [4.69, 9.17) is 0 Å². The Bertz CT molecular complexity index is 1480. The number of pyridine rings is 1. The van der Waals surface area contributed by atoms with E-state index in [1.165, 1.54) is 6.92 Å². The number of alkyl halides is 6. The number of benzene rings is 1. The smallest absolute Gasteiger partial charge is 0.298 e. The first-order chi connectivity index (χ1) is 18.7. The van der Waals surface area contributed by atoms with E-state index in [-0.39, 0.29) is 28.1 Å². The van der Waals surface area contributed by atoms with Crippen molar-refractivity contribution >= 4 is 15.8 Å². The van der Waals surface area contributed by atoms with Gasteiger partial charge in [0.15, 0.2) is 5.78 Å². The van der Waals surface area contributed by atoms with E-state index in [2.05, 4.69) is 15.0 Å². The molecule has 40 heavy (non-hydrogen) atoms. The van der Waals surface area contributed by atoms with Crippen LogP contribution < -0.4 is 0 Å². The number of aryl methyl sites for hydroxylation is 1. The summed E-state index contributed by atoms with van der Waals surface area (Å²) in [5, 5.41) is 0. The summed E-state index contributed by atoms with van der Waals surface area (Å²) < 4.78 is 121. The Morgan fingerprint density at radius 3 is 2.27 bits per heavy atom. The average Bonchev–Trinajstić information content (AvgIpc) is 3.21. The molecule has 0 unspecified atom stereocenters. The van der Waals surface area contributed by atoms with Crippen LogP contribution in [0.25, 0.3) is 11.3 Å². The van der Waals surface area contributed by atoms with Crippen LogP contribution in [0.3, 0.4) is 0 Å². The Morgan fingerprint density at radius 2 is 1.70 bits per heavy atom. The predicted molar refractivity (Wildman–Crippen MR) is 127 cm³/mol. The molecule has 0 N–H and O–H groups in total. The second-order valence-electron chi connectivity index (χ2n) is 9.13. The van der Waals surface area contributed by atoms with Crippen LogP contribution in [-0.2, 0) is 27.4 Å². The van der Waals surface area contributed by atoms with Crippen molar-refractivity contribution < 1.29 is 43.9 Å². The summed E-state index contributed by atoms with van der Waals surface area (Å²) >= 11 is 0. The van der Waals surface area contributed by atoms with Gasteiger partial charge in [0.05, 0.1) is 22.7 Å². The summed E-state index contributed by atoms with van der Waals surface area (Å²) in [6.07, 6.45) is -8.23. The average molecular weight is 591 g/mol. The fourth-order valence-corrected chi connectivity index (χ4v) is 6.29. The highest BCUT2D eigenvalue weighted by Gasteiger charge is 2.48. The topological polar surface area (TPSA) is 93.1 Å². The van der Waals surface area contributed by atoms with E-state index in [9.17, 15) is 43.9 Å². The standard InChI is InChI=1S/C25H21F7N4O3S/c1-13-19(27)9-21(36(13)40(38,39)17-5-3-16(26)4-6-17)22(37)7-2-14-8-20(33-12-18(14)23(28)29)15-10-34-24(35-11-15)25(30,31)32/h3-6,8,10-13,19,21,23H,2,7,9H2,1H3/t13-,19+,21-/m0/s1. The van der Waals surface area contributed by atoms with E-state index in [0.29, 0.717) is 0 Å². The van der Waals surface area contributed by atoms with Crippen LogP contribution in [0.1, 0.15) is 43.1 Å². The lowest BCUT2D eigenvalue weighted by molar-refractivity contribution is -0.145. The molecule has 214 valence electrons. The summed E-state index contributed by atoms with van der Waals surface area (Å²) in [6.45, 7) is 1.29. The molecule has 1 saturated heterocycles. The molecule has 1 aliphatic heterocycles. The molecule has 3 heterocycles. The van der Waals surface area contributed by atoms with E-state index < -0.39 is 76.7 Å². The molecule has 15 heteroatoms. The predicted octanol–water partition coefficient (Wildman–Crippen LogP) is 5.33. The zero-order valence-corrected chi connectivity index (χ0v) is 21.4. The number of ketones is 1. The summed E-state index contributed by atoms with van der Waals surface area (Å²) in [5.41, 5.74) is -0.630. The number of halogens is 7. The van der Waals surface area contributed by atoms with Gasteiger partial charge in [-0.3, -0.25) is 9.78 Å². The van der Waals surface area contributed by atoms with Gasteiger partial charge in [0, 0.05) is 42.6 Å². The molecule has 1 aromatic carbocycles. The Balaban J connectivity index is 1.58. The zero-order valence-electron chi connectivity index (χ0n) is 20.6. The molecule has 0 saturated carbocycles. The molecular weight excluding hydrogens is 569 g/mol. The second-order valence-corrected chi connectivity index (χ2v) is 11.0. The molecule has 1 fully saturated rings. The zero-order chi connectivity index (χ0) is 29.4. The minimum Gasteiger partial charge on any atom is -0.298 e. The van der Waals surface area contributed by atoms with Gasteiger partial charge in [0.2, 0.25) is 15.8 Å². The lowest BCUT2D eigenvalue weighted by atomic mass is 9.98. The molecule has 2 aromatic heterocycles. The number of Topliss-reactive ketones (excluding diaryl/α,β-unsaturated/α-hetero) is 1. The summed E-state index contributed by atoms with van der Waals surface area (Å²) in [7, 11) is -4.41. The quantitative estimate of drug-likeness (QED) is 0.330. The number of hydrogen-bond acceptors (Lipinski definition) is 6. The molecule has 3 aromatic rings. The number of sulfonamides is 1. The summed E-state index contributed by atoms with van der Waals surface area (Å²) in [5.74, 6) is -2.82. The van der Waals surface area contributed by atoms with Crippen LogP contribution in [0.5, 0.6) is 0 Å². The molecule has 0 spiro atoms. The van der Waals surface area contributed by atoms with Gasteiger partial charge in [-0.1, -0.05) is 0 Å². The van der Waals surface area contributed by atoms with E-state index >= 15 is 0 Å². The number of nitrogens with zero attached hydrogens (tertiary/aromatic N) is 4. The highest BCUT2D eigenvalue weighted by atomic mass is 32.2. The first-order valence-corrected chi connectivity index (χ1v) is 13.3. The third kappa shape index (κ3) is 5.99. The van der Waals surface area contributed by atoms with Gasteiger partial charge in [0.25, 0.3) is 6.43 Å². The number of carbonyl (C=O) groups is 1. The molecule has 0 amide bonds. The highest BCUT2D eigenvalue weighted by molar-refractivity contribution is 7.89. The molecule has 0 bridgehead atoms. The Kier molecular flexibility index (Phi) is 8.26. The lowest BCUT2D eigenvalue weighted by Gasteiger charge is -2.27. The fraction of sp³-hybridized carbons (Fsp3) is 0.360. The van der Waals surface area contributed by atoms with E-state index in [0.717, 1.165) is 53.2 Å².